The average Bonchev–Trinajstić information content (AvgIpc) is 2.95. The van der Waals surface area contributed by atoms with E-state index in [2.05, 4.69) is 0 Å². The third kappa shape index (κ3) is 3.65. The molecule has 1 aliphatic rings. The second-order valence-corrected chi connectivity index (χ2v) is 7.57. The molecule has 0 bridgehead atoms. The van der Waals surface area contributed by atoms with Crippen LogP contribution in [0.3, 0.4) is 0 Å². The summed E-state index contributed by atoms with van der Waals surface area (Å²) in [5.74, 6) is -1.76. The first-order valence-corrected chi connectivity index (χ1v) is 8.78. The van der Waals surface area contributed by atoms with E-state index in [9.17, 15) is 18.0 Å². The van der Waals surface area contributed by atoms with E-state index >= 15 is 0 Å². The van der Waals surface area contributed by atoms with Gasteiger partial charge in [-0.1, -0.05) is 17.7 Å². The third-order valence-corrected chi connectivity index (χ3v) is 5.55. The number of amides is 1. The number of hydrogen-bond donors (Lipinski definition) is 1. The van der Waals surface area contributed by atoms with Gasteiger partial charge in [0.05, 0.1) is 10.6 Å². The Morgan fingerprint density at radius 3 is 2.50 bits per heavy atom. The Labute approximate surface area is 129 Å². The Hall–Kier alpha value is -1.89. The van der Waals surface area contributed by atoms with E-state index in [1.807, 2.05) is 6.92 Å². The van der Waals surface area contributed by atoms with Crippen LogP contribution in [0.2, 0.25) is 0 Å². The summed E-state index contributed by atoms with van der Waals surface area (Å²) in [6.45, 7) is 2.24. The second-order valence-electron chi connectivity index (χ2n) is 5.47. The Morgan fingerprint density at radius 1 is 1.27 bits per heavy atom. The van der Waals surface area contributed by atoms with Crippen molar-refractivity contribution < 1.29 is 23.1 Å². The molecule has 1 amide bonds. The molecule has 7 heteroatoms. The van der Waals surface area contributed by atoms with E-state index < -0.39 is 27.8 Å². The van der Waals surface area contributed by atoms with Crippen LogP contribution in [0.1, 0.15) is 24.8 Å². The zero-order valence-corrected chi connectivity index (χ0v) is 13.2. The van der Waals surface area contributed by atoms with Crippen molar-refractivity contribution in [3.05, 3.63) is 29.8 Å². The van der Waals surface area contributed by atoms with Gasteiger partial charge in [-0.25, -0.2) is 13.2 Å². The summed E-state index contributed by atoms with van der Waals surface area (Å²) in [4.78, 5) is 24.6. The molecule has 1 saturated heterocycles. The number of rotatable bonds is 5. The van der Waals surface area contributed by atoms with Crippen LogP contribution in [0.5, 0.6) is 0 Å². The zero-order valence-electron chi connectivity index (χ0n) is 12.4. The van der Waals surface area contributed by atoms with Crippen LogP contribution in [-0.2, 0) is 19.4 Å². The first kappa shape index (κ1) is 16.5. The van der Waals surface area contributed by atoms with E-state index in [1.54, 1.807) is 12.1 Å². The average molecular weight is 325 g/mol. The van der Waals surface area contributed by atoms with Crippen LogP contribution >= 0.6 is 0 Å². The number of likely N-dealkylation sites (tertiary alicyclic amines) is 1. The standard InChI is InChI=1S/C15H19NO5S/c1-11-4-6-12(7-5-11)22(20,21)10-8-14(17)16-9-2-3-13(16)15(18)19/h4-7,13H,2-3,8-10H2,1H3,(H,18,19)/t13-/m1/s1. The van der Waals surface area contributed by atoms with Crippen LogP contribution in [0, 0.1) is 6.92 Å². The topological polar surface area (TPSA) is 91.8 Å². The molecular weight excluding hydrogens is 306 g/mol. The molecule has 1 atom stereocenters. The molecule has 1 heterocycles. The quantitative estimate of drug-likeness (QED) is 0.879. The SMILES string of the molecule is Cc1ccc(S(=O)(=O)CCC(=O)N2CCC[C@@H]2C(=O)O)cc1. The van der Waals surface area contributed by atoms with Crippen molar-refractivity contribution in [1.82, 2.24) is 4.90 Å². The minimum atomic E-state index is -3.53. The van der Waals surface area contributed by atoms with Gasteiger partial charge in [-0.3, -0.25) is 4.79 Å². The van der Waals surface area contributed by atoms with Crippen molar-refractivity contribution >= 4 is 21.7 Å². The summed E-state index contributed by atoms with van der Waals surface area (Å²) in [5, 5.41) is 9.05. The maximum absolute atomic E-state index is 12.2. The van der Waals surface area contributed by atoms with Crippen LogP contribution < -0.4 is 0 Å². The number of carboxylic acids is 1. The van der Waals surface area contributed by atoms with Gasteiger partial charge in [-0.2, -0.15) is 0 Å². The number of aliphatic carboxylic acids is 1. The van der Waals surface area contributed by atoms with Crippen molar-refractivity contribution in [2.75, 3.05) is 12.3 Å². The van der Waals surface area contributed by atoms with Gasteiger partial charge < -0.3 is 10.0 Å². The van der Waals surface area contributed by atoms with Crippen molar-refractivity contribution in [2.24, 2.45) is 0 Å². The molecule has 0 radical (unpaired) electrons. The predicted molar refractivity (Wildman–Crippen MR) is 80.2 cm³/mol. The summed E-state index contributed by atoms with van der Waals surface area (Å²) in [5.41, 5.74) is 0.955. The summed E-state index contributed by atoms with van der Waals surface area (Å²) in [6, 6.07) is 5.62. The van der Waals surface area contributed by atoms with Crippen LogP contribution in [0.4, 0.5) is 0 Å². The molecule has 1 aliphatic heterocycles. The van der Waals surface area contributed by atoms with Crippen molar-refractivity contribution in [2.45, 2.75) is 37.1 Å². The number of carbonyl (C=O) groups is 2. The van der Waals surface area contributed by atoms with E-state index in [4.69, 9.17) is 5.11 Å². The minimum Gasteiger partial charge on any atom is -0.480 e. The van der Waals surface area contributed by atoms with Gasteiger partial charge in [0.15, 0.2) is 9.84 Å². The molecule has 6 nitrogen and oxygen atoms in total. The predicted octanol–water partition coefficient (Wildman–Crippen LogP) is 1.23. The summed E-state index contributed by atoms with van der Waals surface area (Å²) >= 11 is 0. The number of hydrogen-bond acceptors (Lipinski definition) is 4. The lowest BCUT2D eigenvalue weighted by Gasteiger charge is -2.21. The molecule has 1 fully saturated rings. The fourth-order valence-electron chi connectivity index (χ4n) is 2.55. The molecule has 1 aromatic carbocycles. The van der Waals surface area contributed by atoms with E-state index in [-0.39, 0.29) is 17.1 Å². The molecule has 22 heavy (non-hydrogen) atoms. The highest BCUT2D eigenvalue weighted by Gasteiger charge is 2.34. The lowest BCUT2D eigenvalue weighted by Crippen LogP contribution is -2.40. The number of sulfone groups is 1. The van der Waals surface area contributed by atoms with Gasteiger partial charge >= 0.3 is 5.97 Å². The molecule has 0 spiro atoms. The number of carboxylic acid groups (broad SMARTS) is 1. The molecular formula is C15H19NO5S. The van der Waals surface area contributed by atoms with Gasteiger partial charge in [0.1, 0.15) is 6.04 Å². The van der Waals surface area contributed by atoms with Gasteiger partial charge in [-0.15, -0.1) is 0 Å². The summed E-state index contributed by atoms with van der Waals surface area (Å²) in [6.07, 6.45) is 0.860. The zero-order chi connectivity index (χ0) is 16.3. The summed E-state index contributed by atoms with van der Waals surface area (Å²) in [7, 11) is -3.53. The molecule has 0 unspecified atom stereocenters. The number of nitrogens with zero attached hydrogens (tertiary/aromatic N) is 1. The van der Waals surface area contributed by atoms with E-state index in [0.29, 0.717) is 19.4 Å². The van der Waals surface area contributed by atoms with Crippen molar-refractivity contribution in [3.63, 3.8) is 0 Å². The van der Waals surface area contributed by atoms with Crippen LogP contribution in [0.15, 0.2) is 29.2 Å². The Kier molecular flexibility index (Phi) is 4.85. The fraction of sp³-hybridized carbons (Fsp3) is 0.467. The lowest BCUT2D eigenvalue weighted by atomic mass is 10.2. The highest BCUT2D eigenvalue weighted by atomic mass is 32.2. The molecule has 2 rings (SSSR count). The molecule has 1 N–H and O–H groups in total. The van der Waals surface area contributed by atoms with Crippen molar-refractivity contribution in [3.8, 4) is 0 Å². The van der Waals surface area contributed by atoms with Gasteiger partial charge in [-0.05, 0) is 31.9 Å². The molecule has 120 valence electrons. The van der Waals surface area contributed by atoms with E-state index in [0.717, 1.165) is 5.56 Å². The van der Waals surface area contributed by atoms with Gasteiger partial charge in [0.25, 0.3) is 0 Å². The second kappa shape index (κ2) is 6.48. The normalized spacial score (nSPS) is 18.4. The molecule has 1 aromatic rings. The van der Waals surface area contributed by atoms with Crippen molar-refractivity contribution in [1.29, 1.82) is 0 Å². The van der Waals surface area contributed by atoms with Gasteiger partial charge in [0, 0.05) is 13.0 Å². The highest BCUT2D eigenvalue weighted by Crippen LogP contribution is 2.19. The highest BCUT2D eigenvalue weighted by molar-refractivity contribution is 7.91. The molecule has 0 saturated carbocycles. The first-order valence-electron chi connectivity index (χ1n) is 7.13. The largest absolute Gasteiger partial charge is 0.480 e. The van der Waals surface area contributed by atoms with E-state index in [1.165, 1.54) is 17.0 Å². The number of aryl methyl sites for hydroxylation is 1. The third-order valence-electron chi connectivity index (χ3n) is 3.82. The lowest BCUT2D eigenvalue weighted by molar-refractivity contribution is -0.148. The van der Waals surface area contributed by atoms with Crippen LogP contribution in [-0.4, -0.2) is 48.6 Å². The first-order chi connectivity index (χ1) is 10.3. The Bertz CT molecular complexity index is 666. The van der Waals surface area contributed by atoms with Crippen LogP contribution in [0.25, 0.3) is 0 Å². The maximum Gasteiger partial charge on any atom is 0.326 e. The maximum atomic E-state index is 12.2. The fourth-order valence-corrected chi connectivity index (χ4v) is 3.78. The summed E-state index contributed by atoms with van der Waals surface area (Å²) < 4.78 is 24.4. The Morgan fingerprint density at radius 2 is 1.91 bits per heavy atom. The monoisotopic (exact) mass is 325 g/mol. The smallest absolute Gasteiger partial charge is 0.326 e. The minimum absolute atomic E-state index is 0.183. The number of carbonyl (C=O) groups excluding carboxylic acids is 1. The molecule has 0 aromatic heterocycles. The number of benzene rings is 1. The van der Waals surface area contributed by atoms with Gasteiger partial charge in [0.2, 0.25) is 5.91 Å². The molecule has 0 aliphatic carbocycles. The Balaban J connectivity index is 2.01.